The van der Waals surface area contributed by atoms with Gasteiger partial charge in [-0.1, -0.05) is 0 Å². The van der Waals surface area contributed by atoms with Crippen LogP contribution in [0.4, 0.5) is 4.39 Å². The monoisotopic (exact) mass is 205 g/mol. The Morgan fingerprint density at radius 2 is 2.27 bits per heavy atom. The average molecular weight is 205 g/mol. The van der Waals surface area contributed by atoms with Gasteiger partial charge in [0.1, 0.15) is 11.6 Å². The first-order valence-corrected chi connectivity index (χ1v) is 4.99. The van der Waals surface area contributed by atoms with E-state index in [-0.39, 0.29) is 11.7 Å². The Hall–Kier alpha value is -1.56. The van der Waals surface area contributed by atoms with E-state index in [9.17, 15) is 4.39 Å². The molecule has 1 unspecified atom stereocenters. The maximum Gasteiger partial charge on any atom is 0.123 e. The Morgan fingerprint density at radius 1 is 1.53 bits per heavy atom. The van der Waals surface area contributed by atoms with Crippen molar-refractivity contribution in [2.75, 3.05) is 7.11 Å². The van der Waals surface area contributed by atoms with Crippen molar-refractivity contribution >= 4 is 0 Å². The van der Waals surface area contributed by atoms with Gasteiger partial charge in [0.2, 0.25) is 0 Å². The fraction of sp³-hybridized carbons (Fsp3) is 0.417. The van der Waals surface area contributed by atoms with Crippen molar-refractivity contribution in [3.63, 3.8) is 0 Å². The molecule has 0 radical (unpaired) electrons. The Bertz CT molecular complexity index is 407. The Kier molecular flexibility index (Phi) is 2.59. The van der Waals surface area contributed by atoms with Crippen molar-refractivity contribution in [2.24, 2.45) is 5.92 Å². The van der Waals surface area contributed by atoms with Gasteiger partial charge in [-0.05, 0) is 37.0 Å². The van der Waals surface area contributed by atoms with Crippen LogP contribution in [0.1, 0.15) is 24.3 Å². The van der Waals surface area contributed by atoms with Crippen molar-refractivity contribution in [3.8, 4) is 11.8 Å². The van der Waals surface area contributed by atoms with Gasteiger partial charge in [-0.3, -0.25) is 0 Å². The predicted octanol–water partition coefficient (Wildman–Crippen LogP) is 2.85. The van der Waals surface area contributed by atoms with Crippen molar-refractivity contribution in [2.45, 2.75) is 18.8 Å². The fourth-order valence-corrected chi connectivity index (χ4v) is 1.81. The van der Waals surface area contributed by atoms with E-state index >= 15 is 0 Å². The maximum absolute atomic E-state index is 13.1. The first-order chi connectivity index (χ1) is 7.26. The van der Waals surface area contributed by atoms with E-state index < -0.39 is 0 Å². The summed E-state index contributed by atoms with van der Waals surface area (Å²) in [5.41, 5.74) is 0.683. The molecule has 1 fully saturated rings. The van der Waals surface area contributed by atoms with Crippen molar-refractivity contribution < 1.29 is 9.13 Å². The summed E-state index contributed by atoms with van der Waals surface area (Å²) in [6, 6.07) is 6.57. The lowest BCUT2D eigenvalue weighted by Gasteiger charge is -2.12. The average Bonchev–Trinajstić information content (AvgIpc) is 3.04. The molecule has 0 N–H and O–H groups in total. The molecule has 1 aliphatic rings. The highest BCUT2D eigenvalue weighted by Gasteiger charge is 2.34. The van der Waals surface area contributed by atoms with Crippen molar-refractivity contribution in [1.82, 2.24) is 0 Å². The molecule has 0 spiro atoms. The number of ether oxygens (including phenoxy) is 1. The van der Waals surface area contributed by atoms with Crippen LogP contribution in [-0.2, 0) is 0 Å². The number of nitrogens with zero attached hydrogens (tertiary/aromatic N) is 1. The quantitative estimate of drug-likeness (QED) is 0.760. The molecule has 1 atom stereocenters. The second-order valence-corrected chi connectivity index (χ2v) is 3.83. The topological polar surface area (TPSA) is 33.0 Å². The minimum Gasteiger partial charge on any atom is -0.496 e. The van der Waals surface area contributed by atoms with Gasteiger partial charge in [0.15, 0.2) is 0 Å². The first kappa shape index (κ1) is 9.97. The van der Waals surface area contributed by atoms with E-state index in [1.165, 1.54) is 19.2 Å². The molecule has 0 heterocycles. The van der Waals surface area contributed by atoms with Crippen LogP contribution in [0.15, 0.2) is 18.2 Å². The molecule has 1 aromatic carbocycles. The fourth-order valence-electron chi connectivity index (χ4n) is 1.81. The first-order valence-electron chi connectivity index (χ1n) is 4.99. The summed E-state index contributed by atoms with van der Waals surface area (Å²) in [4.78, 5) is 0. The molecule has 2 nitrogen and oxygen atoms in total. The zero-order valence-electron chi connectivity index (χ0n) is 8.53. The van der Waals surface area contributed by atoms with Crippen LogP contribution >= 0.6 is 0 Å². The standard InChI is InChI=1S/C12H12FNO/c1-15-12-5-4-9(13)6-10(12)11(7-14)8-2-3-8/h4-6,8,11H,2-3H2,1H3. The highest BCUT2D eigenvalue weighted by Crippen LogP contribution is 2.44. The molecule has 0 amide bonds. The third-order valence-electron chi connectivity index (χ3n) is 2.76. The number of nitriles is 1. The summed E-state index contributed by atoms with van der Waals surface area (Å²) in [5, 5.41) is 9.07. The summed E-state index contributed by atoms with van der Waals surface area (Å²) in [6.07, 6.45) is 2.11. The summed E-state index contributed by atoms with van der Waals surface area (Å²) < 4.78 is 18.2. The van der Waals surface area contributed by atoms with Crippen LogP contribution in [-0.4, -0.2) is 7.11 Å². The molecule has 1 aromatic rings. The number of halogens is 1. The second kappa shape index (κ2) is 3.90. The van der Waals surface area contributed by atoms with Gasteiger partial charge in [-0.15, -0.1) is 0 Å². The zero-order chi connectivity index (χ0) is 10.8. The van der Waals surface area contributed by atoms with Gasteiger partial charge in [0.05, 0.1) is 19.1 Å². The minimum atomic E-state index is -0.313. The highest BCUT2D eigenvalue weighted by atomic mass is 19.1. The van der Waals surface area contributed by atoms with Crippen LogP contribution in [0.2, 0.25) is 0 Å². The van der Waals surface area contributed by atoms with E-state index in [4.69, 9.17) is 10.00 Å². The Morgan fingerprint density at radius 3 is 2.80 bits per heavy atom. The van der Waals surface area contributed by atoms with Crippen LogP contribution in [0.5, 0.6) is 5.75 Å². The number of methoxy groups -OCH3 is 1. The van der Waals surface area contributed by atoms with Gasteiger partial charge in [0, 0.05) is 5.56 Å². The van der Waals surface area contributed by atoms with Crippen molar-refractivity contribution in [3.05, 3.63) is 29.6 Å². The van der Waals surface area contributed by atoms with Gasteiger partial charge in [-0.25, -0.2) is 4.39 Å². The molecule has 1 saturated carbocycles. The van der Waals surface area contributed by atoms with E-state index in [1.807, 2.05) is 0 Å². The largest absolute Gasteiger partial charge is 0.496 e. The summed E-state index contributed by atoms with van der Waals surface area (Å²) in [6.45, 7) is 0. The number of hydrogen-bond acceptors (Lipinski definition) is 2. The number of rotatable bonds is 3. The SMILES string of the molecule is COc1ccc(F)cc1C(C#N)C1CC1. The normalized spacial score (nSPS) is 16.9. The van der Waals surface area contributed by atoms with E-state index in [2.05, 4.69) is 6.07 Å². The minimum absolute atomic E-state index is 0.226. The molecular weight excluding hydrogens is 193 g/mol. The molecule has 0 aliphatic heterocycles. The van der Waals surface area contributed by atoms with Crippen molar-refractivity contribution in [1.29, 1.82) is 5.26 Å². The predicted molar refractivity (Wildman–Crippen MR) is 54.0 cm³/mol. The zero-order valence-corrected chi connectivity index (χ0v) is 8.53. The highest BCUT2D eigenvalue weighted by molar-refractivity contribution is 5.40. The van der Waals surface area contributed by atoms with E-state index in [1.54, 1.807) is 6.07 Å². The third-order valence-corrected chi connectivity index (χ3v) is 2.76. The van der Waals surface area contributed by atoms with E-state index in [0.717, 1.165) is 12.8 Å². The van der Waals surface area contributed by atoms with Crippen LogP contribution < -0.4 is 4.74 Å². The summed E-state index contributed by atoms with van der Waals surface area (Å²) in [7, 11) is 1.54. The smallest absolute Gasteiger partial charge is 0.123 e. The van der Waals surface area contributed by atoms with Crippen LogP contribution in [0.3, 0.4) is 0 Å². The maximum atomic E-state index is 13.1. The molecule has 78 valence electrons. The Labute approximate surface area is 88.3 Å². The Balaban J connectivity index is 2.39. The molecule has 15 heavy (non-hydrogen) atoms. The molecule has 1 aliphatic carbocycles. The second-order valence-electron chi connectivity index (χ2n) is 3.83. The number of benzene rings is 1. The van der Waals surface area contributed by atoms with Gasteiger partial charge in [0.25, 0.3) is 0 Å². The molecule has 0 saturated heterocycles. The molecule has 0 aromatic heterocycles. The third kappa shape index (κ3) is 1.94. The van der Waals surface area contributed by atoms with Crippen LogP contribution in [0, 0.1) is 23.1 Å². The summed E-state index contributed by atoms with van der Waals surface area (Å²) >= 11 is 0. The molecule has 2 rings (SSSR count). The number of hydrogen-bond donors (Lipinski definition) is 0. The van der Waals surface area contributed by atoms with Gasteiger partial charge in [-0.2, -0.15) is 5.26 Å². The van der Waals surface area contributed by atoms with E-state index in [0.29, 0.717) is 17.2 Å². The lowest BCUT2D eigenvalue weighted by atomic mass is 9.95. The van der Waals surface area contributed by atoms with Gasteiger partial charge < -0.3 is 4.74 Å². The summed E-state index contributed by atoms with van der Waals surface area (Å²) in [5.74, 6) is 0.447. The van der Waals surface area contributed by atoms with Crippen LogP contribution in [0.25, 0.3) is 0 Å². The molecular formula is C12H12FNO. The molecule has 3 heteroatoms. The van der Waals surface area contributed by atoms with Gasteiger partial charge >= 0.3 is 0 Å². The lowest BCUT2D eigenvalue weighted by molar-refractivity contribution is 0.405. The lowest BCUT2D eigenvalue weighted by Crippen LogP contribution is -2.02. The molecule has 0 bridgehead atoms.